The first-order chi connectivity index (χ1) is 14.3. The Morgan fingerprint density at radius 2 is 2.03 bits per heavy atom. The van der Waals surface area contributed by atoms with Crippen LogP contribution in [0.2, 0.25) is 0 Å². The summed E-state index contributed by atoms with van der Waals surface area (Å²) >= 11 is 0. The van der Waals surface area contributed by atoms with Crippen LogP contribution >= 0.6 is 0 Å². The standard InChI is InChI=1S/C20H17F4N3O3/c21-14-5-3-6-15-17(14)29-19(26-15)25-10-12-8-9-27(11-12)18(28)13-4-1-2-7-16(13)30-20(22,23)24/h1-7,12H,8-11H2,(H,25,26)/t12-/m0/s1. The van der Waals surface area contributed by atoms with E-state index in [1.807, 2.05) is 0 Å². The van der Waals surface area contributed by atoms with Gasteiger partial charge in [0.25, 0.3) is 11.9 Å². The van der Waals surface area contributed by atoms with Gasteiger partial charge in [0.1, 0.15) is 11.3 Å². The highest BCUT2D eigenvalue weighted by Gasteiger charge is 2.34. The number of benzene rings is 2. The summed E-state index contributed by atoms with van der Waals surface area (Å²) in [4.78, 5) is 18.4. The largest absolute Gasteiger partial charge is 0.573 e. The molecule has 158 valence electrons. The van der Waals surface area contributed by atoms with Gasteiger partial charge < -0.3 is 19.4 Å². The number of carbonyl (C=O) groups is 1. The molecule has 1 saturated heterocycles. The third kappa shape index (κ3) is 4.32. The molecule has 1 fully saturated rings. The Morgan fingerprint density at radius 1 is 1.23 bits per heavy atom. The highest BCUT2D eigenvalue weighted by atomic mass is 19.4. The number of halogens is 4. The molecule has 1 aliphatic heterocycles. The fourth-order valence-corrected chi connectivity index (χ4v) is 3.43. The number of carbonyl (C=O) groups excluding carboxylic acids is 1. The van der Waals surface area contributed by atoms with Crippen molar-refractivity contribution in [2.75, 3.05) is 25.0 Å². The van der Waals surface area contributed by atoms with Crippen molar-refractivity contribution in [3.63, 3.8) is 0 Å². The first-order valence-electron chi connectivity index (χ1n) is 9.23. The van der Waals surface area contributed by atoms with E-state index in [9.17, 15) is 22.4 Å². The number of hydrogen-bond acceptors (Lipinski definition) is 5. The predicted octanol–water partition coefficient (Wildman–Crippen LogP) is 4.44. The minimum atomic E-state index is -4.88. The smallest absolute Gasteiger partial charge is 0.420 e. The number of rotatable bonds is 5. The van der Waals surface area contributed by atoms with Crippen LogP contribution in [0.4, 0.5) is 23.6 Å². The van der Waals surface area contributed by atoms with Crippen LogP contribution in [-0.2, 0) is 0 Å². The zero-order chi connectivity index (χ0) is 21.3. The Morgan fingerprint density at radius 3 is 2.80 bits per heavy atom. The minimum absolute atomic E-state index is 0.0319. The normalized spacial score (nSPS) is 16.8. The predicted molar refractivity (Wildman–Crippen MR) is 99.6 cm³/mol. The maximum Gasteiger partial charge on any atom is 0.573 e. The molecule has 2 aromatic carbocycles. The van der Waals surface area contributed by atoms with Crippen LogP contribution in [-0.4, -0.2) is 41.8 Å². The van der Waals surface area contributed by atoms with E-state index in [2.05, 4.69) is 15.0 Å². The van der Waals surface area contributed by atoms with Crippen molar-refractivity contribution in [3.05, 3.63) is 53.8 Å². The zero-order valence-corrected chi connectivity index (χ0v) is 15.6. The molecular formula is C20H17F4N3O3. The van der Waals surface area contributed by atoms with E-state index < -0.39 is 23.8 Å². The van der Waals surface area contributed by atoms with Crippen LogP contribution in [0.25, 0.3) is 11.1 Å². The van der Waals surface area contributed by atoms with Crippen molar-refractivity contribution in [2.45, 2.75) is 12.8 Å². The van der Waals surface area contributed by atoms with E-state index in [1.54, 1.807) is 6.07 Å². The van der Waals surface area contributed by atoms with E-state index in [4.69, 9.17) is 4.42 Å². The highest BCUT2D eigenvalue weighted by molar-refractivity contribution is 5.97. The van der Waals surface area contributed by atoms with E-state index >= 15 is 0 Å². The Labute approximate surface area is 168 Å². The second kappa shape index (κ2) is 7.85. The minimum Gasteiger partial charge on any atom is -0.420 e. The Balaban J connectivity index is 1.38. The van der Waals surface area contributed by atoms with Crippen molar-refractivity contribution < 1.29 is 31.5 Å². The fraction of sp³-hybridized carbons (Fsp3) is 0.300. The second-order valence-electron chi connectivity index (χ2n) is 6.94. The summed E-state index contributed by atoms with van der Waals surface area (Å²) < 4.78 is 60.8. The maximum absolute atomic E-state index is 13.7. The van der Waals surface area contributed by atoms with Gasteiger partial charge in [-0.3, -0.25) is 4.79 Å². The molecule has 10 heteroatoms. The molecule has 0 saturated carbocycles. The number of alkyl halides is 3. The molecule has 30 heavy (non-hydrogen) atoms. The average Bonchev–Trinajstić information content (AvgIpc) is 3.32. The summed E-state index contributed by atoms with van der Waals surface area (Å²) in [6.07, 6.45) is -4.23. The van der Waals surface area contributed by atoms with Gasteiger partial charge in [-0.1, -0.05) is 18.2 Å². The molecular weight excluding hydrogens is 406 g/mol. The van der Waals surface area contributed by atoms with Crippen LogP contribution in [0.15, 0.2) is 46.9 Å². The number of amides is 1. The summed E-state index contributed by atoms with van der Waals surface area (Å²) in [6.45, 7) is 1.16. The molecule has 0 unspecified atom stereocenters. The number of para-hydroxylation sites is 2. The summed E-state index contributed by atoms with van der Waals surface area (Å²) in [6, 6.07) is 9.88. The summed E-state index contributed by atoms with van der Waals surface area (Å²) in [5, 5.41) is 2.99. The number of ether oxygens (including phenoxy) is 1. The molecule has 1 atom stereocenters. The summed E-state index contributed by atoms with van der Waals surface area (Å²) in [5.74, 6) is -1.53. The molecule has 1 N–H and O–H groups in total. The van der Waals surface area contributed by atoms with Crippen molar-refractivity contribution in [2.24, 2.45) is 5.92 Å². The molecule has 1 aromatic heterocycles. The molecule has 0 radical (unpaired) electrons. The van der Waals surface area contributed by atoms with Gasteiger partial charge >= 0.3 is 6.36 Å². The molecule has 0 bridgehead atoms. The zero-order valence-electron chi connectivity index (χ0n) is 15.6. The summed E-state index contributed by atoms with van der Waals surface area (Å²) in [5.41, 5.74) is 0.310. The van der Waals surface area contributed by atoms with Gasteiger partial charge in [-0.25, -0.2) is 4.39 Å². The second-order valence-corrected chi connectivity index (χ2v) is 6.94. The summed E-state index contributed by atoms with van der Waals surface area (Å²) in [7, 11) is 0. The van der Waals surface area contributed by atoms with Crippen LogP contribution in [0.1, 0.15) is 16.8 Å². The Hall–Kier alpha value is -3.30. The lowest BCUT2D eigenvalue weighted by atomic mass is 10.1. The molecule has 6 nitrogen and oxygen atoms in total. The molecule has 0 spiro atoms. The number of likely N-dealkylation sites (tertiary alicyclic amines) is 1. The first-order valence-corrected chi connectivity index (χ1v) is 9.23. The van der Waals surface area contributed by atoms with Crippen molar-refractivity contribution in [1.82, 2.24) is 9.88 Å². The van der Waals surface area contributed by atoms with Crippen LogP contribution < -0.4 is 10.1 Å². The van der Waals surface area contributed by atoms with E-state index in [0.717, 1.165) is 6.07 Å². The van der Waals surface area contributed by atoms with E-state index in [-0.39, 0.29) is 23.1 Å². The van der Waals surface area contributed by atoms with Gasteiger partial charge in [0.2, 0.25) is 0 Å². The number of aromatic nitrogens is 1. The maximum atomic E-state index is 13.7. The fourth-order valence-electron chi connectivity index (χ4n) is 3.43. The number of nitrogens with one attached hydrogen (secondary N) is 1. The van der Waals surface area contributed by atoms with Gasteiger partial charge in [0.05, 0.1) is 5.56 Å². The monoisotopic (exact) mass is 423 g/mol. The molecule has 2 heterocycles. The SMILES string of the molecule is O=C(c1ccccc1OC(F)(F)F)N1CC[C@@H](CNc2nc3cccc(F)c3o2)C1. The van der Waals surface area contributed by atoms with Crippen LogP contribution in [0, 0.1) is 11.7 Å². The topological polar surface area (TPSA) is 67.6 Å². The number of oxazole rings is 1. The third-order valence-electron chi connectivity index (χ3n) is 4.83. The average molecular weight is 423 g/mol. The van der Waals surface area contributed by atoms with Crippen LogP contribution in [0.3, 0.4) is 0 Å². The van der Waals surface area contributed by atoms with Crippen molar-refractivity contribution in [3.8, 4) is 5.75 Å². The molecule has 3 aromatic rings. The molecule has 1 aliphatic rings. The number of anilines is 1. The molecule has 0 aliphatic carbocycles. The van der Waals surface area contributed by atoms with Gasteiger partial charge in [-0.15, -0.1) is 13.2 Å². The van der Waals surface area contributed by atoms with Gasteiger partial charge in [-0.2, -0.15) is 4.98 Å². The number of fused-ring (bicyclic) bond motifs is 1. The van der Waals surface area contributed by atoms with Gasteiger partial charge in [0.15, 0.2) is 11.4 Å². The molecule has 1 amide bonds. The van der Waals surface area contributed by atoms with Gasteiger partial charge in [-0.05, 0) is 36.6 Å². The van der Waals surface area contributed by atoms with Gasteiger partial charge in [0, 0.05) is 19.6 Å². The van der Waals surface area contributed by atoms with Crippen LogP contribution in [0.5, 0.6) is 5.75 Å². The lowest BCUT2D eigenvalue weighted by molar-refractivity contribution is -0.274. The lowest BCUT2D eigenvalue weighted by Gasteiger charge is -2.19. The van der Waals surface area contributed by atoms with E-state index in [1.165, 1.54) is 35.2 Å². The quantitative estimate of drug-likeness (QED) is 0.615. The Kier molecular flexibility index (Phi) is 5.23. The highest BCUT2D eigenvalue weighted by Crippen LogP contribution is 2.29. The first kappa shape index (κ1) is 20.0. The third-order valence-corrected chi connectivity index (χ3v) is 4.83. The lowest BCUT2D eigenvalue weighted by Crippen LogP contribution is -2.30. The Bertz CT molecular complexity index is 1070. The number of nitrogens with zero attached hydrogens (tertiary/aromatic N) is 2. The van der Waals surface area contributed by atoms with Crippen molar-refractivity contribution >= 4 is 23.0 Å². The van der Waals surface area contributed by atoms with Crippen molar-refractivity contribution in [1.29, 1.82) is 0 Å². The van der Waals surface area contributed by atoms with E-state index in [0.29, 0.717) is 31.6 Å². The molecule has 4 rings (SSSR count). The number of hydrogen-bond donors (Lipinski definition) is 1.